The Morgan fingerprint density at radius 1 is 1.00 bits per heavy atom. The molecule has 0 saturated heterocycles. The number of fused-ring (bicyclic) bond motifs is 2. The fourth-order valence-electron chi connectivity index (χ4n) is 4.06. The molecule has 6 heteroatoms. The number of rotatable bonds is 4. The van der Waals surface area contributed by atoms with Crippen molar-refractivity contribution in [3.8, 4) is 28.4 Å². The second-order valence-electron chi connectivity index (χ2n) is 7.34. The van der Waals surface area contributed by atoms with Crippen LogP contribution in [0.3, 0.4) is 0 Å². The molecule has 0 unspecified atom stereocenters. The Bertz CT molecular complexity index is 1350. The molecule has 0 bridgehead atoms. The zero-order chi connectivity index (χ0) is 21.5. The lowest BCUT2D eigenvalue weighted by Gasteiger charge is -2.07. The number of ether oxygens (including phenoxy) is 1. The molecule has 4 aromatic rings. The molecule has 0 spiro atoms. The number of allylic oxidation sites excluding steroid dienone is 1. The van der Waals surface area contributed by atoms with Gasteiger partial charge in [-0.05, 0) is 23.3 Å². The molecule has 6 nitrogen and oxygen atoms in total. The summed E-state index contributed by atoms with van der Waals surface area (Å²) in [7, 11) is 0. The highest BCUT2D eigenvalue weighted by Gasteiger charge is 2.31. The van der Waals surface area contributed by atoms with Crippen molar-refractivity contribution in [1.29, 1.82) is 0 Å². The van der Waals surface area contributed by atoms with Crippen LogP contribution in [0, 0.1) is 0 Å². The fourth-order valence-corrected chi connectivity index (χ4v) is 4.06. The Labute approximate surface area is 177 Å². The van der Waals surface area contributed by atoms with E-state index in [1.807, 2.05) is 59.3 Å². The van der Waals surface area contributed by atoms with Gasteiger partial charge < -0.3 is 24.6 Å². The molecule has 0 amide bonds. The van der Waals surface area contributed by atoms with E-state index in [4.69, 9.17) is 4.74 Å². The molecule has 2 heterocycles. The minimum absolute atomic E-state index is 0.0244. The molecule has 5 rings (SSSR count). The topological polar surface area (TPSA) is 91.9 Å². The van der Waals surface area contributed by atoms with Crippen LogP contribution in [-0.4, -0.2) is 32.3 Å². The maximum absolute atomic E-state index is 12.9. The second kappa shape index (κ2) is 7.34. The average Bonchev–Trinajstić information content (AvgIpc) is 3.27. The number of carbonyl (C=O) groups excluding carboxylic acids is 1. The third-order valence-corrected chi connectivity index (χ3v) is 5.38. The summed E-state index contributed by atoms with van der Waals surface area (Å²) < 4.78 is 7.62. The number of benzene rings is 3. The van der Waals surface area contributed by atoms with Crippen molar-refractivity contribution in [1.82, 2.24) is 4.57 Å². The highest BCUT2D eigenvalue weighted by atomic mass is 16.5. The summed E-state index contributed by atoms with van der Waals surface area (Å²) in [6, 6.07) is 18.3. The van der Waals surface area contributed by atoms with E-state index >= 15 is 0 Å². The SMILES string of the molecule is O=C1/C(=C/c2cn(CCO)c3cccc(-c4ccccc4)c23)Oc2cc(O)cc(O)c21. The quantitative estimate of drug-likeness (QED) is 0.433. The highest BCUT2D eigenvalue weighted by molar-refractivity contribution is 6.17. The number of hydrogen-bond donors (Lipinski definition) is 3. The van der Waals surface area contributed by atoms with Gasteiger partial charge in [-0.25, -0.2) is 0 Å². The molecule has 0 aliphatic carbocycles. The van der Waals surface area contributed by atoms with Gasteiger partial charge in [0.1, 0.15) is 22.8 Å². The summed E-state index contributed by atoms with van der Waals surface area (Å²) in [5.41, 5.74) is 3.73. The first-order valence-corrected chi connectivity index (χ1v) is 9.85. The van der Waals surface area contributed by atoms with Crippen LogP contribution in [0.25, 0.3) is 28.1 Å². The summed E-state index contributed by atoms with van der Waals surface area (Å²) >= 11 is 0. The minimum atomic E-state index is -0.451. The van der Waals surface area contributed by atoms with Gasteiger partial charge in [0.05, 0.1) is 6.61 Å². The summed E-state index contributed by atoms with van der Waals surface area (Å²) in [6.07, 6.45) is 3.51. The minimum Gasteiger partial charge on any atom is -0.508 e. The number of aliphatic hydroxyl groups excluding tert-OH is 1. The molecule has 3 aromatic carbocycles. The smallest absolute Gasteiger partial charge is 0.235 e. The van der Waals surface area contributed by atoms with Gasteiger partial charge in [0, 0.05) is 41.3 Å². The van der Waals surface area contributed by atoms with Crippen molar-refractivity contribution in [3.05, 3.63) is 83.7 Å². The Morgan fingerprint density at radius 2 is 1.81 bits per heavy atom. The second-order valence-corrected chi connectivity index (χ2v) is 7.34. The van der Waals surface area contributed by atoms with E-state index in [1.54, 1.807) is 6.08 Å². The van der Waals surface area contributed by atoms with E-state index in [9.17, 15) is 20.1 Å². The summed E-state index contributed by atoms with van der Waals surface area (Å²) in [4.78, 5) is 12.9. The Balaban J connectivity index is 1.70. The fraction of sp³-hybridized carbons (Fsp3) is 0.0800. The van der Waals surface area contributed by atoms with Crippen LogP contribution in [0.5, 0.6) is 17.2 Å². The van der Waals surface area contributed by atoms with Crippen molar-refractivity contribution < 1.29 is 24.9 Å². The van der Waals surface area contributed by atoms with Crippen LogP contribution in [0.1, 0.15) is 15.9 Å². The van der Waals surface area contributed by atoms with Gasteiger partial charge in [0.2, 0.25) is 5.78 Å². The van der Waals surface area contributed by atoms with Crippen molar-refractivity contribution >= 4 is 22.8 Å². The highest BCUT2D eigenvalue weighted by Crippen LogP contribution is 2.41. The number of nitrogens with zero attached hydrogens (tertiary/aromatic N) is 1. The van der Waals surface area contributed by atoms with Crippen molar-refractivity contribution in [2.45, 2.75) is 6.54 Å². The first-order chi connectivity index (χ1) is 15.1. The molecular weight excluding hydrogens is 394 g/mol. The molecule has 154 valence electrons. The lowest BCUT2D eigenvalue weighted by Crippen LogP contribution is -2.00. The predicted molar refractivity (Wildman–Crippen MR) is 117 cm³/mol. The van der Waals surface area contributed by atoms with Crippen molar-refractivity contribution in [2.24, 2.45) is 0 Å². The number of ketones is 1. The summed E-state index contributed by atoms with van der Waals surface area (Å²) in [5, 5.41) is 30.2. The normalized spacial score (nSPS) is 14.2. The Morgan fingerprint density at radius 3 is 2.58 bits per heavy atom. The largest absolute Gasteiger partial charge is 0.508 e. The van der Waals surface area contributed by atoms with E-state index in [-0.39, 0.29) is 35.2 Å². The maximum Gasteiger partial charge on any atom is 0.235 e. The van der Waals surface area contributed by atoms with E-state index in [2.05, 4.69) is 0 Å². The Kier molecular flexibility index (Phi) is 4.49. The van der Waals surface area contributed by atoms with Crippen LogP contribution in [-0.2, 0) is 6.54 Å². The number of phenolic OH excluding ortho intramolecular Hbond substituents is 2. The molecule has 3 N–H and O–H groups in total. The van der Waals surface area contributed by atoms with Crippen LogP contribution < -0.4 is 4.74 Å². The molecule has 1 aromatic heterocycles. The van der Waals surface area contributed by atoms with E-state index in [0.29, 0.717) is 6.54 Å². The van der Waals surface area contributed by atoms with Crippen molar-refractivity contribution in [2.75, 3.05) is 6.61 Å². The standard InChI is InChI=1S/C25H19NO5/c27-10-9-26-14-16(11-22-25(30)24-20(29)12-17(28)13-21(24)31-22)23-18(7-4-8-19(23)26)15-5-2-1-3-6-15/h1-8,11-14,27-29H,9-10H2/b22-11-. The van der Waals surface area contributed by atoms with Crippen LogP contribution in [0.4, 0.5) is 0 Å². The van der Waals surface area contributed by atoms with Crippen molar-refractivity contribution in [3.63, 3.8) is 0 Å². The summed E-state index contributed by atoms with van der Waals surface area (Å²) in [6.45, 7) is 0.380. The van der Waals surface area contributed by atoms with Crippen LogP contribution in [0.15, 0.2) is 72.6 Å². The maximum atomic E-state index is 12.9. The third-order valence-electron chi connectivity index (χ3n) is 5.38. The van der Waals surface area contributed by atoms with E-state index in [0.717, 1.165) is 33.7 Å². The van der Waals surface area contributed by atoms with Crippen LogP contribution in [0.2, 0.25) is 0 Å². The molecule has 0 radical (unpaired) electrons. The van der Waals surface area contributed by atoms with Gasteiger partial charge in [-0.15, -0.1) is 0 Å². The molecule has 0 saturated carbocycles. The third kappa shape index (κ3) is 3.14. The molecule has 0 atom stereocenters. The number of carbonyl (C=O) groups is 1. The van der Waals surface area contributed by atoms with E-state index < -0.39 is 5.78 Å². The molecule has 0 fully saturated rings. The lowest BCUT2D eigenvalue weighted by atomic mass is 9.98. The first kappa shape index (κ1) is 19.0. The number of hydrogen-bond acceptors (Lipinski definition) is 5. The zero-order valence-corrected chi connectivity index (χ0v) is 16.4. The monoisotopic (exact) mass is 413 g/mol. The Hall–Kier alpha value is -4.03. The number of aliphatic hydroxyl groups is 1. The molecular formula is C25H19NO5. The van der Waals surface area contributed by atoms with Gasteiger partial charge in [-0.1, -0.05) is 42.5 Å². The number of aromatic hydroxyl groups is 2. The first-order valence-electron chi connectivity index (χ1n) is 9.85. The molecule has 31 heavy (non-hydrogen) atoms. The number of Topliss-reactive ketones (excluding diaryl/α,β-unsaturated/α-hetero) is 1. The summed E-state index contributed by atoms with van der Waals surface area (Å²) in [5.74, 6) is -0.780. The van der Waals surface area contributed by atoms with Gasteiger partial charge in [-0.2, -0.15) is 0 Å². The molecule has 1 aliphatic heterocycles. The van der Waals surface area contributed by atoms with Gasteiger partial charge in [0.25, 0.3) is 0 Å². The lowest BCUT2D eigenvalue weighted by molar-refractivity contribution is 0.101. The van der Waals surface area contributed by atoms with E-state index in [1.165, 1.54) is 6.07 Å². The number of phenols is 2. The predicted octanol–water partition coefficient (Wildman–Crippen LogP) is 4.33. The number of aromatic nitrogens is 1. The average molecular weight is 413 g/mol. The van der Waals surface area contributed by atoms with Crippen LogP contribution >= 0.6 is 0 Å². The van der Waals surface area contributed by atoms with Gasteiger partial charge in [0.15, 0.2) is 5.76 Å². The van der Waals surface area contributed by atoms with Gasteiger partial charge in [-0.3, -0.25) is 4.79 Å². The van der Waals surface area contributed by atoms with Gasteiger partial charge >= 0.3 is 0 Å². The zero-order valence-electron chi connectivity index (χ0n) is 16.4. The molecule has 1 aliphatic rings.